The number of amides is 3. The Hall–Kier alpha value is -2.91. The van der Waals surface area contributed by atoms with E-state index in [1.165, 1.54) is 17.8 Å². The second-order valence-electron chi connectivity index (χ2n) is 9.46. The number of likely N-dealkylation sites (N-methyl/N-ethyl adjacent to an activating group) is 1. The smallest absolute Gasteiger partial charge is 0.265 e. The molecule has 2 fully saturated rings. The molecule has 3 amide bonds. The van der Waals surface area contributed by atoms with Gasteiger partial charge in [0.05, 0.1) is 29.0 Å². The number of piperidine rings is 1. The topological polar surface area (TPSA) is 88.2 Å². The Balaban J connectivity index is 1.27. The van der Waals surface area contributed by atoms with E-state index in [0.29, 0.717) is 34.9 Å². The highest BCUT2D eigenvalue weighted by Crippen LogP contribution is 2.33. The predicted molar refractivity (Wildman–Crippen MR) is 133 cm³/mol. The summed E-state index contributed by atoms with van der Waals surface area (Å²) in [5, 5.41) is 4.70. The van der Waals surface area contributed by atoms with Gasteiger partial charge in [0.25, 0.3) is 11.8 Å². The quantitative estimate of drug-likeness (QED) is 0.695. The molecular formula is C26H31N3O5S. The standard InChI is InChI=1S/C26H31N3O5S/c1-28-20-9-8-18(15-24(30)29-11-3-2-4-12-29)34-22(20)16-33-21-10-7-17(14-19(21)26(28)32)27-25(31)23-6-5-13-35-23/h5-7,10,13-14,18,20,22H,2-4,8-9,11-12,15-16H2,1H3,(H,27,31)/t18-,20-,22-/m0/s1. The molecule has 3 aliphatic rings. The highest BCUT2D eigenvalue weighted by molar-refractivity contribution is 7.12. The van der Waals surface area contributed by atoms with E-state index in [-0.39, 0.29) is 36.0 Å². The van der Waals surface area contributed by atoms with Crippen LogP contribution in [0.4, 0.5) is 5.69 Å². The van der Waals surface area contributed by atoms with Crippen molar-refractivity contribution in [2.45, 2.75) is 56.8 Å². The van der Waals surface area contributed by atoms with E-state index in [9.17, 15) is 14.4 Å². The molecule has 2 saturated heterocycles. The number of rotatable bonds is 4. The fourth-order valence-corrected chi connectivity index (χ4v) is 5.79. The summed E-state index contributed by atoms with van der Waals surface area (Å²) >= 11 is 1.36. The number of nitrogens with zero attached hydrogens (tertiary/aromatic N) is 2. The minimum Gasteiger partial charge on any atom is -0.490 e. The summed E-state index contributed by atoms with van der Waals surface area (Å²) < 4.78 is 12.4. The molecular weight excluding hydrogens is 466 g/mol. The number of anilines is 1. The summed E-state index contributed by atoms with van der Waals surface area (Å²) in [6.07, 6.45) is 4.72. The molecule has 0 aliphatic carbocycles. The molecule has 0 radical (unpaired) electrons. The molecule has 1 aromatic carbocycles. The van der Waals surface area contributed by atoms with Crippen molar-refractivity contribution in [2.75, 3.05) is 32.1 Å². The summed E-state index contributed by atoms with van der Waals surface area (Å²) in [6, 6.07) is 8.56. The lowest BCUT2D eigenvalue weighted by molar-refractivity contribution is -0.143. The Labute approximate surface area is 209 Å². The molecule has 1 aromatic heterocycles. The van der Waals surface area contributed by atoms with Crippen LogP contribution in [0.2, 0.25) is 0 Å². The molecule has 0 bridgehead atoms. The van der Waals surface area contributed by atoms with E-state index >= 15 is 0 Å². The van der Waals surface area contributed by atoms with Crippen LogP contribution < -0.4 is 10.1 Å². The van der Waals surface area contributed by atoms with E-state index < -0.39 is 0 Å². The number of nitrogens with one attached hydrogen (secondary N) is 1. The molecule has 1 N–H and O–H groups in total. The zero-order valence-electron chi connectivity index (χ0n) is 19.9. The van der Waals surface area contributed by atoms with Gasteiger partial charge < -0.3 is 24.6 Å². The zero-order chi connectivity index (χ0) is 24.4. The minimum absolute atomic E-state index is 0.138. The number of ether oxygens (including phenoxy) is 2. The highest BCUT2D eigenvalue weighted by atomic mass is 32.1. The van der Waals surface area contributed by atoms with Crippen LogP contribution in [0.5, 0.6) is 5.75 Å². The Morgan fingerprint density at radius 3 is 2.74 bits per heavy atom. The summed E-state index contributed by atoms with van der Waals surface area (Å²) in [6.45, 7) is 1.97. The van der Waals surface area contributed by atoms with Crippen molar-refractivity contribution in [1.29, 1.82) is 0 Å². The van der Waals surface area contributed by atoms with E-state index in [2.05, 4.69) is 5.32 Å². The lowest BCUT2D eigenvalue weighted by atomic mass is 9.94. The van der Waals surface area contributed by atoms with Crippen molar-refractivity contribution in [3.63, 3.8) is 0 Å². The maximum absolute atomic E-state index is 13.4. The van der Waals surface area contributed by atoms with Crippen LogP contribution >= 0.6 is 11.3 Å². The monoisotopic (exact) mass is 497 g/mol. The molecule has 0 unspecified atom stereocenters. The summed E-state index contributed by atoms with van der Waals surface area (Å²) in [4.78, 5) is 42.8. The van der Waals surface area contributed by atoms with Crippen molar-refractivity contribution >= 4 is 34.7 Å². The second kappa shape index (κ2) is 10.4. The number of hydrogen-bond acceptors (Lipinski definition) is 6. The number of carbonyl (C=O) groups excluding carboxylic acids is 3. The molecule has 5 rings (SSSR count). The average molecular weight is 498 g/mol. The first kappa shape index (κ1) is 23.8. The van der Waals surface area contributed by atoms with Crippen molar-refractivity contribution in [3.8, 4) is 5.75 Å². The van der Waals surface area contributed by atoms with Gasteiger partial charge in [0.15, 0.2) is 0 Å². The van der Waals surface area contributed by atoms with Gasteiger partial charge in [-0.2, -0.15) is 0 Å². The van der Waals surface area contributed by atoms with E-state index in [1.54, 1.807) is 36.2 Å². The van der Waals surface area contributed by atoms with Crippen molar-refractivity contribution in [3.05, 3.63) is 46.2 Å². The van der Waals surface area contributed by atoms with Gasteiger partial charge >= 0.3 is 0 Å². The van der Waals surface area contributed by atoms with Crippen LogP contribution in [-0.4, -0.2) is 72.5 Å². The van der Waals surface area contributed by atoms with Gasteiger partial charge in [0.1, 0.15) is 18.5 Å². The fourth-order valence-electron chi connectivity index (χ4n) is 5.17. The van der Waals surface area contributed by atoms with Gasteiger partial charge in [-0.05, 0) is 61.7 Å². The number of hydrogen-bond donors (Lipinski definition) is 1. The maximum atomic E-state index is 13.4. The van der Waals surface area contributed by atoms with E-state index in [0.717, 1.165) is 38.8 Å². The van der Waals surface area contributed by atoms with Gasteiger partial charge in [0.2, 0.25) is 5.91 Å². The summed E-state index contributed by atoms with van der Waals surface area (Å²) in [7, 11) is 1.79. The van der Waals surface area contributed by atoms with Crippen molar-refractivity contribution in [1.82, 2.24) is 9.80 Å². The predicted octanol–water partition coefficient (Wildman–Crippen LogP) is 3.78. The first-order valence-corrected chi connectivity index (χ1v) is 13.2. The summed E-state index contributed by atoms with van der Waals surface area (Å²) in [5.41, 5.74) is 0.957. The van der Waals surface area contributed by atoms with Crippen LogP contribution in [0.1, 0.15) is 58.6 Å². The SMILES string of the molecule is CN1C(=O)c2cc(NC(=O)c3cccs3)ccc2OC[C@@H]2O[C@H](CC(=O)N3CCCCC3)CC[C@@H]21. The van der Waals surface area contributed by atoms with Crippen molar-refractivity contribution in [2.24, 2.45) is 0 Å². The number of thiophene rings is 1. The van der Waals surface area contributed by atoms with E-state index in [4.69, 9.17) is 9.47 Å². The molecule has 2 aromatic rings. The minimum atomic E-state index is -0.303. The van der Waals surface area contributed by atoms with Crippen molar-refractivity contribution < 1.29 is 23.9 Å². The third-order valence-corrected chi connectivity index (χ3v) is 7.99. The van der Waals surface area contributed by atoms with Gasteiger partial charge in [-0.1, -0.05) is 6.07 Å². The molecule has 0 saturated carbocycles. The van der Waals surface area contributed by atoms with Gasteiger partial charge in [-0.15, -0.1) is 11.3 Å². The van der Waals surface area contributed by atoms with Gasteiger partial charge in [0, 0.05) is 25.8 Å². The number of likely N-dealkylation sites (tertiary alicyclic amines) is 1. The first-order chi connectivity index (χ1) is 17.0. The molecule has 8 nitrogen and oxygen atoms in total. The van der Waals surface area contributed by atoms with Crippen LogP contribution in [0.3, 0.4) is 0 Å². The Bertz CT molecular complexity index is 1080. The number of benzene rings is 1. The Kier molecular flexibility index (Phi) is 7.06. The normalized spacial score (nSPS) is 24.5. The molecule has 4 heterocycles. The fraction of sp³-hybridized carbons (Fsp3) is 0.500. The molecule has 3 atom stereocenters. The van der Waals surface area contributed by atoms with Crippen LogP contribution in [0.25, 0.3) is 0 Å². The van der Waals surface area contributed by atoms with Gasteiger partial charge in [-0.3, -0.25) is 14.4 Å². The van der Waals surface area contributed by atoms with Crippen LogP contribution in [0, 0.1) is 0 Å². The molecule has 186 valence electrons. The summed E-state index contributed by atoms with van der Waals surface area (Å²) in [5.74, 6) is 0.239. The Morgan fingerprint density at radius 1 is 1.14 bits per heavy atom. The average Bonchev–Trinajstić information content (AvgIpc) is 3.42. The third kappa shape index (κ3) is 5.21. The third-order valence-electron chi connectivity index (χ3n) is 7.13. The molecule has 9 heteroatoms. The maximum Gasteiger partial charge on any atom is 0.265 e. The zero-order valence-corrected chi connectivity index (χ0v) is 20.7. The van der Waals surface area contributed by atoms with Gasteiger partial charge in [-0.25, -0.2) is 0 Å². The number of carbonyl (C=O) groups is 3. The first-order valence-electron chi connectivity index (χ1n) is 12.3. The van der Waals surface area contributed by atoms with Crippen LogP contribution in [-0.2, 0) is 9.53 Å². The highest BCUT2D eigenvalue weighted by Gasteiger charge is 2.39. The van der Waals surface area contributed by atoms with Crippen LogP contribution in [0.15, 0.2) is 35.7 Å². The lowest BCUT2D eigenvalue weighted by Gasteiger charge is -2.42. The largest absolute Gasteiger partial charge is 0.490 e. The molecule has 0 spiro atoms. The Morgan fingerprint density at radius 2 is 1.97 bits per heavy atom. The molecule has 3 aliphatic heterocycles. The molecule has 35 heavy (non-hydrogen) atoms. The number of fused-ring (bicyclic) bond motifs is 2. The lowest BCUT2D eigenvalue weighted by Crippen LogP contribution is -2.54. The second-order valence-corrected chi connectivity index (χ2v) is 10.4. The van der Waals surface area contributed by atoms with E-state index in [1.807, 2.05) is 16.3 Å².